The van der Waals surface area contributed by atoms with Crippen molar-refractivity contribution in [2.24, 2.45) is 0 Å². The van der Waals surface area contributed by atoms with Crippen LogP contribution in [0.2, 0.25) is 0 Å². The third kappa shape index (κ3) is 3.14. The van der Waals surface area contributed by atoms with E-state index in [1.54, 1.807) is 12.1 Å². The second-order valence-corrected chi connectivity index (χ2v) is 5.53. The second kappa shape index (κ2) is 6.00. The largest absolute Gasteiger partial charge is 0.480 e. The average molecular weight is 295 g/mol. The van der Waals surface area contributed by atoms with Gasteiger partial charge in [-0.3, -0.25) is 4.79 Å². The Balaban J connectivity index is 2.20. The van der Waals surface area contributed by atoms with Crippen LogP contribution in [0.1, 0.15) is 29.4 Å². The highest BCUT2D eigenvalue weighted by Gasteiger charge is 2.20. The molecule has 0 aliphatic carbocycles. The van der Waals surface area contributed by atoms with Crippen molar-refractivity contribution in [1.29, 1.82) is 0 Å². The van der Waals surface area contributed by atoms with Crippen molar-refractivity contribution in [3.05, 3.63) is 35.0 Å². The van der Waals surface area contributed by atoms with E-state index in [-0.39, 0.29) is 5.82 Å². The summed E-state index contributed by atoms with van der Waals surface area (Å²) in [6.07, 6.45) is 1.04. The quantitative estimate of drug-likeness (QED) is 0.891. The Bertz CT molecular complexity index is 653. The molecule has 0 bridgehead atoms. The zero-order valence-corrected chi connectivity index (χ0v) is 11.7. The molecule has 20 heavy (non-hydrogen) atoms. The van der Waals surface area contributed by atoms with Crippen molar-refractivity contribution in [2.75, 3.05) is 0 Å². The van der Waals surface area contributed by atoms with E-state index in [4.69, 9.17) is 5.11 Å². The molecule has 2 N–H and O–H groups in total. The zero-order chi connectivity index (χ0) is 14.7. The minimum Gasteiger partial charge on any atom is -0.480 e. The first kappa shape index (κ1) is 14.5. The highest BCUT2D eigenvalue weighted by atomic mass is 32.1. The lowest BCUT2D eigenvalue weighted by molar-refractivity contribution is -0.139. The number of carbonyl (C=O) groups excluding carboxylic acids is 1. The van der Waals surface area contributed by atoms with E-state index in [1.165, 1.54) is 12.1 Å². The minimum atomic E-state index is -1.05. The number of rotatable bonds is 5. The van der Waals surface area contributed by atoms with Gasteiger partial charge in [-0.2, -0.15) is 0 Å². The van der Waals surface area contributed by atoms with Crippen molar-refractivity contribution in [2.45, 2.75) is 25.8 Å². The van der Waals surface area contributed by atoms with Crippen LogP contribution in [0.4, 0.5) is 4.39 Å². The van der Waals surface area contributed by atoms with Crippen molar-refractivity contribution in [3.8, 4) is 0 Å². The van der Waals surface area contributed by atoms with Crippen LogP contribution in [0.3, 0.4) is 0 Å². The van der Waals surface area contributed by atoms with Gasteiger partial charge in [-0.25, -0.2) is 9.18 Å². The highest BCUT2D eigenvalue weighted by Crippen LogP contribution is 2.26. The molecule has 1 aromatic heterocycles. The molecular formula is C14H14FNO3S. The first-order chi connectivity index (χ1) is 9.51. The number of fused-ring (bicyclic) bond motifs is 1. The number of thiophene rings is 1. The maximum Gasteiger partial charge on any atom is 0.326 e. The third-order valence-electron chi connectivity index (χ3n) is 2.89. The normalized spacial score (nSPS) is 12.3. The fraction of sp³-hybridized carbons (Fsp3) is 0.286. The average Bonchev–Trinajstić information content (AvgIpc) is 2.80. The van der Waals surface area contributed by atoms with Crippen molar-refractivity contribution in [1.82, 2.24) is 5.32 Å². The number of nitrogens with one attached hydrogen (secondary N) is 1. The molecule has 0 aliphatic heterocycles. The number of aliphatic carboxylic acids is 1. The molecule has 2 aromatic rings. The van der Waals surface area contributed by atoms with E-state index in [2.05, 4.69) is 5.32 Å². The Morgan fingerprint density at radius 3 is 2.80 bits per heavy atom. The SMILES string of the molecule is CCCC(NC(=O)c1cc2ccc(F)cc2s1)C(=O)O. The topological polar surface area (TPSA) is 66.4 Å². The van der Waals surface area contributed by atoms with E-state index in [9.17, 15) is 14.0 Å². The number of hydrogen-bond donors (Lipinski definition) is 2. The van der Waals surface area contributed by atoms with Gasteiger partial charge in [0, 0.05) is 4.70 Å². The summed E-state index contributed by atoms with van der Waals surface area (Å²) in [4.78, 5) is 23.4. The number of benzene rings is 1. The molecule has 106 valence electrons. The Labute approximate surface area is 119 Å². The van der Waals surface area contributed by atoms with Gasteiger partial charge in [0.15, 0.2) is 0 Å². The molecule has 4 nitrogen and oxygen atoms in total. The first-order valence-electron chi connectivity index (χ1n) is 6.24. The fourth-order valence-corrected chi connectivity index (χ4v) is 2.88. The monoisotopic (exact) mass is 295 g/mol. The summed E-state index contributed by atoms with van der Waals surface area (Å²) in [6, 6.07) is 5.03. The Kier molecular flexibility index (Phi) is 4.34. The highest BCUT2D eigenvalue weighted by molar-refractivity contribution is 7.20. The molecule has 1 unspecified atom stereocenters. The third-order valence-corrected chi connectivity index (χ3v) is 3.98. The van der Waals surface area contributed by atoms with Gasteiger partial charge in [0.05, 0.1) is 4.88 Å². The molecule has 0 saturated carbocycles. The van der Waals surface area contributed by atoms with Crippen LogP contribution in [0.25, 0.3) is 10.1 Å². The van der Waals surface area contributed by atoms with E-state index < -0.39 is 17.9 Å². The molecule has 0 aliphatic rings. The zero-order valence-electron chi connectivity index (χ0n) is 10.9. The van der Waals surface area contributed by atoms with Gasteiger partial charge in [0.2, 0.25) is 0 Å². The first-order valence-corrected chi connectivity index (χ1v) is 7.05. The van der Waals surface area contributed by atoms with Gasteiger partial charge >= 0.3 is 5.97 Å². The summed E-state index contributed by atoms with van der Waals surface area (Å²) in [7, 11) is 0. The van der Waals surface area contributed by atoms with Crippen LogP contribution in [0, 0.1) is 5.82 Å². The summed E-state index contributed by atoms with van der Waals surface area (Å²) in [5, 5.41) is 12.3. The number of carboxylic acid groups (broad SMARTS) is 1. The van der Waals surface area contributed by atoms with Gasteiger partial charge in [0.1, 0.15) is 11.9 Å². The number of halogens is 1. The molecule has 2 rings (SSSR count). The number of amides is 1. The summed E-state index contributed by atoms with van der Waals surface area (Å²) in [6.45, 7) is 1.85. The molecule has 0 saturated heterocycles. The van der Waals surface area contributed by atoms with Gasteiger partial charge in [-0.1, -0.05) is 19.4 Å². The molecule has 0 spiro atoms. The molecule has 0 fully saturated rings. The molecular weight excluding hydrogens is 281 g/mol. The van der Waals surface area contributed by atoms with Crippen molar-refractivity contribution >= 4 is 33.3 Å². The Morgan fingerprint density at radius 2 is 2.15 bits per heavy atom. The lowest BCUT2D eigenvalue weighted by Gasteiger charge is -2.12. The predicted molar refractivity (Wildman–Crippen MR) is 75.6 cm³/mol. The summed E-state index contributed by atoms with van der Waals surface area (Å²) in [5.41, 5.74) is 0. The van der Waals surface area contributed by atoms with E-state index in [0.29, 0.717) is 22.4 Å². The van der Waals surface area contributed by atoms with Gasteiger partial charge in [0.25, 0.3) is 5.91 Å². The van der Waals surface area contributed by atoms with Crippen LogP contribution < -0.4 is 5.32 Å². The van der Waals surface area contributed by atoms with E-state index >= 15 is 0 Å². The van der Waals surface area contributed by atoms with Crippen molar-refractivity contribution < 1.29 is 19.1 Å². The fourth-order valence-electron chi connectivity index (χ4n) is 1.89. The van der Waals surface area contributed by atoms with E-state index in [0.717, 1.165) is 16.7 Å². The maximum atomic E-state index is 13.1. The molecule has 1 atom stereocenters. The van der Waals surface area contributed by atoms with Crippen LogP contribution in [0.15, 0.2) is 24.3 Å². The van der Waals surface area contributed by atoms with Crippen LogP contribution in [-0.2, 0) is 4.79 Å². The minimum absolute atomic E-state index is 0.360. The molecule has 0 radical (unpaired) electrons. The number of carbonyl (C=O) groups is 2. The molecule has 1 aromatic carbocycles. The van der Waals surface area contributed by atoms with Crippen molar-refractivity contribution in [3.63, 3.8) is 0 Å². The molecule has 6 heteroatoms. The van der Waals surface area contributed by atoms with Crippen LogP contribution in [-0.4, -0.2) is 23.0 Å². The van der Waals surface area contributed by atoms with Crippen LogP contribution >= 0.6 is 11.3 Å². The summed E-state index contributed by atoms with van der Waals surface area (Å²) >= 11 is 1.15. The van der Waals surface area contributed by atoms with Gasteiger partial charge < -0.3 is 10.4 Å². The lowest BCUT2D eigenvalue weighted by atomic mass is 10.1. The Hall–Kier alpha value is -1.95. The number of carboxylic acids is 1. The summed E-state index contributed by atoms with van der Waals surface area (Å²) in [5.74, 6) is -1.85. The van der Waals surface area contributed by atoms with E-state index in [1.807, 2.05) is 6.92 Å². The standard InChI is InChI=1S/C14H14FNO3S/c1-2-3-10(14(18)19)16-13(17)12-6-8-4-5-9(15)7-11(8)20-12/h4-7,10H,2-3H2,1H3,(H,16,17)(H,18,19). The maximum absolute atomic E-state index is 13.1. The predicted octanol–water partition coefficient (Wildman–Crippen LogP) is 3.02. The Morgan fingerprint density at radius 1 is 1.40 bits per heavy atom. The summed E-state index contributed by atoms with van der Waals surface area (Å²) < 4.78 is 13.8. The van der Waals surface area contributed by atoms with Gasteiger partial charge in [-0.15, -0.1) is 11.3 Å². The van der Waals surface area contributed by atoms with Gasteiger partial charge in [-0.05, 0) is 30.0 Å². The number of hydrogen-bond acceptors (Lipinski definition) is 3. The molecule has 1 heterocycles. The van der Waals surface area contributed by atoms with Crippen LogP contribution in [0.5, 0.6) is 0 Å². The second-order valence-electron chi connectivity index (χ2n) is 4.45. The molecule has 1 amide bonds. The lowest BCUT2D eigenvalue weighted by Crippen LogP contribution is -2.40. The smallest absolute Gasteiger partial charge is 0.326 e.